The Hall–Kier alpha value is -0.760. The van der Waals surface area contributed by atoms with Gasteiger partial charge in [0.25, 0.3) is 0 Å². The van der Waals surface area contributed by atoms with Crippen LogP contribution in [0, 0.1) is 6.92 Å². The van der Waals surface area contributed by atoms with Crippen molar-refractivity contribution in [3.05, 3.63) is 22.8 Å². The summed E-state index contributed by atoms with van der Waals surface area (Å²) in [4.78, 5) is 4.12. The second kappa shape index (κ2) is 3.58. The molecule has 60 valence electrons. The molecule has 0 atom stereocenters. The maximum atomic E-state index is 5.77. The van der Waals surface area contributed by atoms with Gasteiger partial charge in [-0.3, -0.25) is 0 Å². The van der Waals surface area contributed by atoms with Crippen LogP contribution in [0.25, 0.3) is 0 Å². The molecular weight excluding hydrogens is 162 g/mol. The van der Waals surface area contributed by atoms with Crippen molar-refractivity contribution in [2.45, 2.75) is 13.8 Å². The summed E-state index contributed by atoms with van der Waals surface area (Å²) in [6.45, 7) is 4.42. The lowest BCUT2D eigenvalue weighted by molar-refractivity contribution is 0.326. The fraction of sp³-hybridized carbons (Fsp3) is 0.375. The average molecular weight is 172 g/mol. The topological polar surface area (TPSA) is 22.1 Å². The highest BCUT2D eigenvalue weighted by Gasteiger charge is 1.96. The van der Waals surface area contributed by atoms with Gasteiger partial charge in [-0.25, -0.2) is 4.98 Å². The largest absolute Gasteiger partial charge is 0.478 e. The predicted octanol–water partition coefficient (Wildman–Crippen LogP) is 2.44. The summed E-state index contributed by atoms with van der Waals surface area (Å²) in [5.74, 6) is 0.595. The minimum Gasteiger partial charge on any atom is -0.478 e. The van der Waals surface area contributed by atoms with Gasteiger partial charge < -0.3 is 4.74 Å². The Morgan fingerprint density at radius 2 is 2.27 bits per heavy atom. The van der Waals surface area contributed by atoms with Crippen molar-refractivity contribution in [2.24, 2.45) is 0 Å². The number of rotatable bonds is 2. The Labute approximate surface area is 71.2 Å². The Bertz CT molecular complexity index is 230. The predicted molar refractivity (Wildman–Crippen MR) is 45.2 cm³/mol. The summed E-state index contributed by atoms with van der Waals surface area (Å²) in [6, 6.07) is 3.50. The van der Waals surface area contributed by atoms with Gasteiger partial charge in [0, 0.05) is 16.8 Å². The second-order valence-corrected chi connectivity index (χ2v) is 2.63. The molecular formula is C8H10ClNO. The quantitative estimate of drug-likeness (QED) is 0.682. The van der Waals surface area contributed by atoms with Gasteiger partial charge >= 0.3 is 0 Å². The third-order valence-electron chi connectivity index (χ3n) is 1.19. The van der Waals surface area contributed by atoms with Crippen LogP contribution in [-0.2, 0) is 0 Å². The van der Waals surface area contributed by atoms with Crippen molar-refractivity contribution < 1.29 is 4.74 Å². The third kappa shape index (κ3) is 2.39. The van der Waals surface area contributed by atoms with Crippen molar-refractivity contribution in [2.75, 3.05) is 6.61 Å². The molecule has 0 saturated heterocycles. The molecule has 0 N–H and O–H groups in total. The summed E-state index contributed by atoms with van der Waals surface area (Å²) in [6.07, 6.45) is 0. The number of aryl methyl sites for hydroxylation is 1. The van der Waals surface area contributed by atoms with Gasteiger partial charge in [0.15, 0.2) is 0 Å². The first-order chi connectivity index (χ1) is 5.22. The van der Waals surface area contributed by atoms with Crippen LogP contribution in [0.2, 0.25) is 5.02 Å². The SMILES string of the molecule is CCOc1cc(Cl)cc(C)n1. The van der Waals surface area contributed by atoms with Crippen LogP contribution in [0.15, 0.2) is 12.1 Å². The molecule has 0 unspecified atom stereocenters. The van der Waals surface area contributed by atoms with Gasteiger partial charge in [0.2, 0.25) is 5.88 Å². The highest BCUT2D eigenvalue weighted by Crippen LogP contribution is 2.16. The summed E-state index contributed by atoms with van der Waals surface area (Å²) < 4.78 is 5.17. The summed E-state index contributed by atoms with van der Waals surface area (Å²) in [7, 11) is 0. The molecule has 0 radical (unpaired) electrons. The van der Waals surface area contributed by atoms with Crippen molar-refractivity contribution >= 4 is 11.6 Å². The van der Waals surface area contributed by atoms with E-state index >= 15 is 0 Å². The van der Waals surface area contributed by atoms with Crippen molar-refractivity contribution in [3.63, 3.8) is 0 Å². The number of ether oxygens (including phenoxy) is 1. The van der Waals surface area contributed by atoms with E-state index in [9.17, 15) is 0 Å². The lowest BCUT2D eigenvalue weighted by atomic mass is 10.4. The molecule has 0 fully saturated rings. The molecule has 2 nitrogen and oxygen atoms in total. The molecule has 0 aromatic carbocycles. The van der Waals surface area contributed by atoms with E-state index in [0.717, 1.165) is 5.69 Å². The van der Waals surface area contributed by atoms with E-state index in [-0.39, 0.29) is 0 Å². The van der Waals surface area contributed by atoms with Crippen LogP contribution < -0.4 is 4.74 Å². The van der Waals surface area contributed by atoms with Crippen LogP contribution in [0.4, 0.5) is 0 Å². The van der Waals surface area contributed by atoms with Crippen molar-refractivity contribution in [1.82, 2.24) is 4.98 Å². The minimum absolute atomic E-state index is 0.595. The Balaban J connectivity index is 2.89. The highest BCUT2D eigenvalue weighted by molar-refractivity contribution is 6.30. The van der Waals surface area contributed by atoms with E-state index in [1.807, 2.05) is 13.8 Å². The Morgan fingerprint density at radius 3 is 2.82 bits per heavy atom. The van der Waals surface area contributed by atoms with E-state index in [2.05, 4.69) is 4.98 Å². The van der Waals surface area contributed by atoms with Gasteiger partial charge in [-0.05, 0) is 19.9 Å². The number of halogens is 1. The molecule has 3 heteroatoms. The van der Waals surface area contributed by atoms with E-state index in [4.69, 9.17) is 16.3 Å². The molecule has 0 amide bonds. The fourth-order valence-electron chi connectivity index (χ4n) is 0.819. The molecule has 0 aliphatic heterocycles. The van der Waals surface area contributed by atoms with Gasteiger partial charge in [0.1, 0.15) is 0 Å². The van der Waals surface area contributed by atoms with Crippen LogP contribution in [0.5, 0.6) is 5.88 Å². The number of aromatic nitrogens is 1. The van der Waals surface area contributed by atoms with Crippen molar-refractivity contribution in [1.29, 1.82) is 0 Å². The number of pyridine rings is 1. The standard InChI is InChI=1S/C8H10ClNO/c1-3-11-8-5-7(9)4-6(2)10-8/h4-5H,3H2,1-2H3. The monoisotopic (exact) mass is 171 g/mol. The van der Waals surface area contributed by atoms with Crippen LogP contribution in [0.1, 0.15) is 12.6 Å². The van der Waals surface area contributed by atoms with Crippen LogP contribution in [-0.4, -0.2) is 11.6 Å². The maximum Gasteiger partial charge on any atom is 0.214 e. The second-order valence-electron chi connectivity index (χ2n) is 2.20. The van der Waals surface area contributed by atoms with Crippen LogP contribution >= 0.6 is 11.6 Å². The molecule has 1 aromatic rings. The normalized spacial score (nSPS) is 9.73. The smallest absolute Gasteiger partial charge is 0.214 e. The van der Waals surface area contributed by atoms with E-state index in [0.29, 0.717) is 17.5 Å². The Kier molecular flexibility index (Phi) is 2.71. The summed E-state index contributed by atoms with van der Waals surface area (Å²) in [5, 5.41) is 0.668. The number of nitrogens with zero attached hydrogens (tertiary/aromatic N) is 1. The molecule has 1 aromatic heterocycles. The van der Waals surface area contributed by atoms with E-state index < -0.39 is 0 Å². The Morgan fingerprint density at radius 1 is 1.55 bits per heavy atom. The first-order valence-electron chi connectivity index (χ1n) is 3.49. The van der Waals surface area contributed by atoms with Crippen LogP contribution in [0.3, 0.4) is 0 Å². The van der Waals surface area contributed by atoms with Gasteiger partial charge in [-0.15, -0.1) is 0 Å². The maximum absolute atomic E-state index is 5.77. The van der Waals surface area contributed by atoms with E-state index in [1.165, 1.54) is 0 Å². The highest BCUT2D eigenvalue weighted by atomic mass is 35.5. The average Bonchev–Trinajstić information content (AvgIpc) is 1.85. The molecule has 1 heterocycles. The fourth-order valence-corrected chi connectivity index (χ4v) is 1.07. The zero-order valence-corrected chi connectivity index (χ0v) is 7.35. The third-order valence-corrected chi connectivity index (χ3v) is 1.41. The molecule has 0 saturated carbocycles. The van der Waals surface area contributed by atoms with Crippen molar-refractivity contribution in [3.8, 4) is 5.88 Å². The molecule has 11 heavy (non-hydrogen) atoms. The van der Waals surface area contributed by atoms with E-state index in [1.54, 1.807) is 12.1 Å². The molecule has 0 bridgehead atoms. The molecule has 1 rings (SSSR count). The summed E-state index contributed by atoms with van der Waals surface area (Å²) in [5.41, 5.74) is 0.876. The van der Waals surface area contributed by atoms with Gasteiger partial charge in [-0.2, -0.15) is 0 Å². The zero-order valence-electron chi connectivity index (χ0n) is 6.60. The lowest BCUT2D eigenvalue weighted by Gasteiger charge is -2.02. The molecule has 0 aliphatic rings. The van der Waals surface area contributed by atoms with Gasteiger partial charge in [-0.1, -0.05) is 11.6 Å². The minimum atomic E-state index is 0.595. The van der Waals surface area contributed by atoms with Gasteiger partial charge in [0.05, 0.1) is 6.61 Å². The first kappa shape index (κ1) is 8.34. The zero-order chi connectivity index (χ0) is 8.27. The number of hydrogen-bond acceptors (Lipinski definition) is 2. The first-order valence-corrected chi connectivity index (χ1v) is 3.87. The lowest BCUT2D eigenvalue weighted by Crippen LogP contribution is -1.94. The molecule has 0 spiro atoms. The molecule has 0 aliphatic carbocycles. The summed E-state index contributed by atoms with van der Waals surface area (Å²) >= 11 is 5.77. The number of hydrogen-bond donors (Lipinski definition) is 0.